The standard InChI is InChI=1S/C17H16N2O2/c20-16-12-15(6-9-18-16)17(21)19-10-7-14(8-11-19)13-4-2-1-3-5-13/h1-7,9,12H,8,10-11H2,(H,18,20). The number of amides is 1. The van der Waals surface area contributed by atoms with Crippen LogP contribution in [0.3, 0.4) is 0 Å². The van der Waals surface area contributed by atoms with Crippen molar-refractivity contribution in [3.63, 3.8) is 0 Å². The minimum absolute atomic E-state index is 0.0931. The van der Waals surface area contributed by atoms with Crippen molar-refractivity contribution in [3.8, 4) is 0 Å². The maximum absolute atomic E-state index is 12.3. The molecule has 0 saturated heterocycles. The minimum atomic E-state index is -0.252. The summed E-state index contributed by atoms with van der Waals surface area (Å²) >= 11 is 0. The lowest BCUT2D eigenvalue weighted by molar-refractivity contribution is 0.0772. The summed E-state index contributed by atoms with van der Waals surface area (Å²) in [5.41, 5.74) is 2.67. The van der Waals surface area contributed by atoms with Crippen LogP contribution in [0.2, 0.25) is 0 Å². The largest absolute Gasteiger partial charge is 0.335 e. The summed E-state index contributed by atoms with van der Waals surface area (Å²) in [4.78, 5) is 27.9. The number of H-pyrrole nitrogens is 1. The normalized spacial score (nSPS) is 14.7. The topological polar surface area (TPSA) is 53.2 Å². The van der Waals surface area contributed by atoms with Gasteiger partial charge < -0.3 is 9.88 Å². The zero-order chi connectivity index (χ0) is 14.7. The van der Waals surface area contributed by atoms with Crippen molar-refractivity contribution in [2.45, 2.75) is 6.42 Å². The molecule has 4 nitrogen and oxygen atoms in total. The molecule has 1 aromatic carbocycles. The van der Waals surface area contributed by atoms with Gasteiger partial charge in [0.2, 0.25) is 5.56 Å². The molecular weight excluding hydrogens is 264 g/mol. The van der Waals surface area contributed by atoms with E-state index in [0.29, 0.717) is 18.7 Å². The number of aromatic nitrogens is 1. The van der Waals surface area contributed by atoms with Gasteiger partial charge in [0.05, 0.1) is 0 Å². The fourth-order valence-electron chi connectivity index (χ4n) is 2.53. The zero-order valence-corrected chi connectivity index (χ0v) is 11.6. The van der Waals surface area contributed by atoms with Crippen LogP contribution >= 0.6 is 0 Å². The maximum atomic E-state index is 12.3. The first-order valence-electron chi connectivity index (χ1n) is 6.96. The van der Waals surface area contributed by atoms with Gasteiger partial charge in [-0.15, -0.1) is 0 Å². The van der Waals surface area contributed by atoms with E-state index < -0.39 is 0 Å². The fourth-order valence-corrected chi connectivity index (χ4v) is 2.53. The summed E-state index contributed by atoms with van der Waals surface area (Å²) in [6.07, 6.45) is 4.42. The molecule has 0 radical (unpaired) electrons. The van der Waals surface area contributed by atoms with E-state index in [-0.39, 0.29) is 11.5 Å². The van der Waals surface area contributed by atoms with Gasteiger partial charge in [0, 0.05) is 30.9 Å². The molecule has 1 amide bonds. The molecule has 0 unspecified atom stereocenters. The number of rotatable bonds is 2. The molecule has 0 aliphatic carbocycles. The molecule has 2 aromatic rings. The van der Waals surface area contributed by atoms with Gasteiger partial charge in [-0.3, -0.25) is 9.59 Å². The quantitative estimate of drug-likeness (QED) is 0.917. The Morgan fingerprint density at radius 1 is 1.14 bits per heavy atom. The molecule has 0 atom stereocenters. The predicted octanol–water partition coefficient (Wildman–Crippen LogP) is 2.30. The van der Waals surface area contributed by atoms with Crippen molar-refractivity contribution in [3.05, 3.63) is 76.2 Å². The molecule has 0 spiro atoms. The Hall–Kier alpha value is -2.62. The Labute approximate surface area is 122 Å². The molecule has 1 aliphatic rings. The lowest BCUT2D eigenvalue weighted by Crippen LogP contribution is -2.35. The molecule has 21 heavy (non-hydrogen) atoms. The maximum Gasteiger partial charge on any atom is 0.254 e. The van der Waals surface area contributed by atoms with Crippen LogP contribution in [0.15, 0.2) is 59.5 Å². The van der Waals surface area contributed by atoms with Crippen molar-refractivity contribution in [1.29, 1.82) is 0 Å². The second kappa shape index (κ2) is 5.79. The highest BCUT2D eigenvalue weighted by Crippen LogP contribution is 2.22. The molecule has 4 heteroatoms. The number of benzene rings is 1. The highest BCUT2D eigenvalue weighted by molar-refractivity contribution is 5.94. The van der Waals surface area contributed by atoms with Gasteiger partial charge in [0.25, 0.3) is 5.91 Å². The molecule has 1 aromatic heterocycles. The minimum Gasteiger partial charge on any atom is -0.335 e. The summed E-state index contributed by atoms with van der Waals surface area (Å²) in [6, 6.07) is 13.2. The van der Waals surface area contributed by atoms with Crippen LogP contribution in [0.1, 0.15) is 22.3 Å². The Morgan fingerprint density at radius 3 is 2.62 bits per heavy atom. The van der Waals surface area contributed by atoms with E-state index in [1.165, 1.54) is 23.4 Å². The van der Waals surface area contributed by atoms with E-state index in [4.69, 9.17) is 0 Å². The summed E-state index contributed by atoms with van der Waals surface area (Å²) in [5, 5.41) is 0. The van der Waals surface area contributed by atoms with E-state index in [1.54, 1.807) is 11.0 Å². The van der Waals surface area contributed by atoms with Gasteiger partial charge in [0.15, 0.2) is 0 Å². The van der Waals surface area contributed by atoms with Gasteiger partial charge >= 0.3 is 0 Å². The lowest BCUT2D eigenvalue weighted by Gasteiger charge is -2.26. The van der Waals surface area contributed by atoms with E-state index in [2.05, 4.69) is 23.2 Å². The summed E-state index contributed by atoms with van der Waals surface area (Å²) in [6.45, 7) is 1.25. The van der Waals surface area contributed by atoms with Gasteiger partial charge in [-0.2, -0.15) is 0 Å². The summed E-state index contributed by atoms with van der Waals surface area (Å²) < 4.78 is 0. The first-order chi connectivity index (χ1) is 10.2. The number of carbonyl (C=O) groups is 1. The molecule has 2 heterocycles. The number of aromatic amines is 1. The van der Waals surface area contributed by atoms with Crippen LogP contribution in [0, 0.1) is 0 Å². The van der Waals surface area contributed by atoms with Crippen molar-refractivity contribution < 1.29 is 4.79 Å². The number of hydrogen-bond donors (Lipinski definition) is 1. The average molecular weight is 280 g/mol. The van der Waals surface area contributed by atoms with Gasteiger partial charge in [-0.05, 0) is 23.6 Å². The Balaban J connectivity index is 1.75. The fraction of sp³-hybridized carbons (Fsp3) is 0.176. The lowest BCUT2D eigenvalue weighted by atomic mass is 9.99. The third-order valence-electron chi connectivity index (χ3n) is 3.66. The first-order valence-corrected chi connectivity index (χ1v) is 6.96. The average Bonchev–Trinajstić information content (AvgIpc) is 2.55. The van der Waals surface area contributed by atoms with Gasteiger partial charge in [0.1, 0.15) is 0 Å². The van der Waals surface area contributed by atoms with Gasteiger partial charge in [-0.25, -0.2) is 0 Å². The molecule has 106 valence electrons. The Kier molecular flexibility index (Phi) is 3.69. The van der Waals surface area contributed by atoms with Crippen LogP contribution in [0.4, 0.5) is 0 Å². The number of nitrogens with zero attached hydrogens (tertiary/aromatic N) is 1. The van der Waals surface area contributed by atoms with E-state index in [1.807, 2.05) is 18.2 Å². The second-order valence-corrected chi connectivity index (χ2v) is 5.04. The zero-order valence-electron chi connectivity index (χ0n) is 11.6. The number of nitrogens with one attached hydrogen (secondary N) is 1. The van der Waals surface area contributed by atoms with E-state index in [9.17, 15) is 9.59 Å². The molecule has 0 saturated carbocycles. The van der Waals surface area contributed by atoms with Crippen LogP contribution in [-0.2, 0) is 0 Å². The SMILES string of the molecule is O=C(c1cc[nH]c(=O)c1)N1CC=C(c2ccccc2)CC1. The van der Waals surface area contributed by atoms with Crippen molar-refractivity contribution >= 4 is 11.5 Å². The number of carbonyl (C=O) groups excluding carboxylic acids is 1. The number of hydrogen-bond acceptors (Lipinski definition) is 2. The smallest absolute Gasteiger partial charge is 0.254 e. The van der Waals surface area contributed by atoms with Crippen LogP contribution in [0.25, 0.3) is 5.57 Å². The van der Waals surface area contributed by atoms with Crippen molar-refractivity contribution in [2.24, 2.45) is 0 Å². The summed E-state index contributed by atoms with van der Waals surface area (Å²) in [5.74, 6) is -0.0931. The molecule has 1 aliphatic heterocycles. The summed E-state index contributed by atoms with van der Waals surface area (Å²) in [7, 11) is 0. The van der Waals surface area contributed by atoms with E-state index in [0.717, 1.165) is 6.42 Å². The highest BCUT2D eigenvalue weighted by atomic mass is 16.2. The van der Waals surface area contributed by atoms with E-state index >= 15 is 0 Å². The monoisotopic (exact) mass is 280 g/mol. The van der Waals surface area contributed by atoms with Crippen molar-refractivity contribution in [1.82, 2.24) is 9.88 Å². The highest BCUT2D eigenvalue weighted by Gasteiger charge is 2.19. The third kappa shape index (κ3) is 2.94. The Morgan fingerprint density at radius 2 is 1.95 bits per heavy atom. The van der Waals surface area contributed by atoms with Crippen molar-refractivity contribution in [2.75, 3.05) is 13.1 Å². The van der Waals surface area contributed by atoms with Crippen LogP contribution in [-0.4, -0.2) is 28.9 Å². The first kappa shape index (κ1) is 13.4. The third-order valence-corrected chi connectivity index (χ3v) is 3.66. The van der Waals surface area contributed by atoms with Crippen LogP contribution in [0.5, 0.6) is 0 Å². The second-order valence-electron chi connectivity index (χ2n) is 5.04. The van der Waals surface area contributed by atoms with Gasteiger partial charge in [-0.1, -0.05) is 36.4 Å². The number of pyridine rings is 1. The predicted molar refractivity (Wildman–Crippen MR) is 82.0 cm³/mol. The molecule has 3 rings (SSSR count). The Bertz CT molecular complexity index is 732. The molecule has 1 N–H and O–H groups in total. The van der Waals surface area contributed by atoms with Crippen LogP contribution < -0.4 is 5.56 Å². The molecule has 0 bridgehead atoms. The molecular formula is C17H16N2O2. The molecule has 0 fully saturated rings.